The number of hydrogen-bond donors (Lipinski definition) is 3. The van der Waals surface area contributed by atoms with Crippen molar-refractivity contribution < 1.29 is 15.0 Å². The van der Waals surface area contributed by atoms with Gasteiger partial charge in [0.1, 0.15) is 5.75 Å². The van der Waals surface area contributed by atoms with Gasteiger partial charge in [-0.05, 0) is 48.9 Å². The minimum absolute atomic E-state index is 0.0441. The van der Waals surface area contributed by atoms with Crippen molar-refractivity contribution in [1.82, 2.24) is 0 Å². The summed E-state index contributed by atoms with van der Waals surface area (Å²) in [5.41, 5.74) is 2.58. The number of phenolic OH excluding ortho intramolecular Hbond substituents is 1. The molecule has 1 fully saturated rings. The van der Waals surface area contributed by atoms with Crippen LogP contribution >= 0.6 is 0 Å². The summed E-state index contributed by atoms with van der Waals surface area (Å²) in [6, 6.07) is 15.3. The molecule has 0 spiro atoms. The molecule has 2 aromatic rings. The molecule has 1 saturated carbocycles. The number of nitrogens with one attached hydrogen (secondary N) is 1. The topological polar surface area (TPSA) is 69.6 Å². The molecule has 3 N–H and O–H groups in total. The Morgan fingerprint density at radius 2 is 1.87 bits per heavy atom. The van der Waals surface area contributed by atoms with Crippen molar-refractivity contribution >= 4 is 11.6 Å². The summed E-state index contributed by atoms with van der Waals surface area (Å²) in [5.74, 6) is -0.558. The number of carbonyl (C=O) groups is 1. The first-order valence-electron chi connectivity index (χ1n) is 7.98. The second kappa shape index (κ2) is 6.84. The molecule has 120 valence electrons. The van der Waals surface area contributed by atoms with E-state index >= 15 is 0 Å². The summed E-state index contributed by atoms with van der Waals surface area (Å²) in [4.78, 5) is 12.3. The smallest absolute Gasteiger partial charge is 0.230 e. The molecule has 1 aliphatic carbocycles. The maximum absolute atomic E-state index is 12.3. The average molecular weight is 311 g/mol. The molecule has 2 atom stereocenters. The third-order valence-electron chi connectivity index (χ3n) is 4.39. The Kier molecular flexibility index (Phi) is 4.63. The van der Waals surface area contributed by atoms with Crippen LogP contribution in [0.4, 0.5) is 5.69 Å². The lowest BCUT2D eigenvalue weighted by molar-refractivity contribution is -0.122. The normalized spacial score (nSPS) is 20.4. The molecule has 0 bridgehead atoms. The summed E-state index contributed by atoms with van der Waals surface area (Å²) in [6.45, 7) is 0. The Balaban J connectivity index is 1.74. The van der Waals surface area contributed by atoms with Crippen molar-refractivity contribution in [3.05, 3.63) is 59.7 Å². The van der Waals surface area contributed by atoms with Crippen molar-refractivity contribution in [2.75, 3.05) is 5.32 Å². The van der Waals surface area contributed by atoms with Crippen LogP contribution in [0.5, 0.6) is 5.75 Å². The largest absolute Gasteiger partial charge is 0.506 e. The Bertz CT molecular complexity index is 684. The molecule has 4 heteroatoms. The van der Waals surface area contributed by atoms with E-state index in [0.29, 0.717) is 18.5 Å². The zero-order valence-corrected chi connectivity index (χ0v) is 12.9. The third-order valence-corrected chi connectivity index (χ3v) is 4.39. The van der Waals surface area contributed by atoms with Crippen molar-refractivity contribution in [3.8, 4) is 5.75 Å². The Morgan fingerprint density at radius 3 is 2.57 bits per heavy atom. The first-order chi connectivity index (χ1) is 11.1. The van der Waals surface area contributed by atoms with Gasteiger partial charge in [-0.25, -0.2) is 0 Å². The maximum atomic E-state index is 12.3. The highest BCUT2D eigenvalue weighted by molar-refractivity contribution is 5.94. The van der Waals surface area contributed by atoms with Gasteiger partial charge in [-0.15, -0.1) is 0 Å². The van der Waals surface area contributed by atoms with Gasteiger partial charge in [0.2, 0.25) is 5.91 Å². The highest BCUT2D eigenvalue weighted by Crippen LogP contribution is 2.30. The SMILES string of the molecule is O=C(Nc1cc(Cc2ccccc2)ccc1O)C1CCCC1O. The van der Waals surface area contributed by atoms with Crippen molar-refractivity contribution in [2.45, 2.75) is 31.8 Å². The molecule has 0 heterocycles. The van der Waals surface area contributed by atoms with Crippen LogP contribution < -0.4 is 5.32 Å². The van der Waals surface area contributed by atoms with Gasteiger partial charge in [0.15, 0.2) is 0 Å². The number of aliphatic hydroxyl groups is 1. The summed E-state index contributed by atoms with van der Waals surface area (Å²) in [7, 11) is 0. The van der Waals surface area contributed by atoms with Gasteiger partial charge >= 0.3 is 0 Å². The van der Waals surface area contributed by atoms with Crippen LogP contribution in [-0.4, -0.2) is 22.2 Å². The summed E-state index contributed by atoms with van der Waals surface area (Å²) >= 11 is 0. The fourth-order valence-corrected chi connectivity index (χ4v) is 3.10. The molecule has 0 aromatic heterocycles. The quantitative estimate of drug-likeness (QED) is 0.760. The molecule has 0 radical (unpaired) electrons. The van der Waals surface area contributed by atoms with Gasteiger partial charge < -0.3 is 15.5 Å². The zero-order valence-electron chi connectivity index (χ0n) is 12.9. The molecule has 0 aliphatic heterocycles. The van der Waals surface area contributed by atoms with E-state index in [0.717, 1.165) is 18.4 Å². The molecule has 2 unspecified atom stereocenters. The fraction of sp³-hybridized carbons (Fsp3) is 0.316. The molecule has 1 amide bonds. The molecule has 23 heavy (non-hydrogen) atoms. The Morgan fingerprint density at radius 1 is 1.09 bits per heavy atom. The van der Waals surface area contributed by atoms with Crippen molar-refractivity contribution in [3.63, 3.8) is 0 Å². The van der Waals surface area contributed by atoms with Gasteiger partial charge in [-0.2, -0.15) is 0 Å². The number of benzene rings is 2. The standard InChI is InChI=1S/C19H21NO3/c21-17-8-4-7-15(17)19(23)20-16-12-14(9-10-18(16)22)11-13-5-2-1-3-6-13/h1-3,5-6,9-10,12,15,17,21-22H,4,7-8,11H2,(H,20,23). The first kappa shape index (κ1) is 15.6. The maximum Gasteiger partial charge on any atom is 0.230 e. The van der Waals surface area contributed by atoms with Crippen molar-refractivity contribution in [1.29, 1.82) is 0 Å². The van der Waals surface area contributed by atoms with Gasteiger partial charge in [0.05, 0.1) is 17.7 Å². The van der Waals surface area contributed by atoms with E-state index in [1.807, 2.05) is 36.4 Å². The number of anilines is 1. The summed E-state index contributed by atoms with van der Waals surface area (Å²) < 4.78 is 0. The van der Waals surface area contributed by atoms with Crippen LogP contribution in [0, 0.1) is 5.92 Å². The summed E-state index contributed by atoms with van der Waals surface area (Å²) in [6.07, 6.45) is 2.37. The molecule has 0 saturated heterocycles. The zero-order chi connectivity index (χ0) is 16.2. The molecular formula is C19H21NO3. The first-order valence-corrected chi connectivity index (χ1v) is 7.98. The number of rotatable bonds is 4. The highest BCUT2D eigenvalue weighted by atomic mass is 16.3. The average Bonchev–Trinajstić information content (AvgIpc) is 2.98. The summed E-state index contributed by atoms with van der Waals surface area (Å²) in [5, 5.41) is 22.6. The minimum atomic E-state index is -0.579. The molecular weight excluding hydrogens is 290 g/mol. The van der Waals surface area contributed by atoms with E-state index in [1.165, 1.54) is 5.56 Å². The lowest BCUT2D eigenvalue weighted by Gasteiger charge is -2.15. The Hall–Kier alpha value is -2.33. The van der Waals surface area contributed by atoms with Crippen LogP contribution in [0.25, 0.3) is 0 Å². The second-order valence-electron chi connectivity index (χ2n) is 6.11. The van der Waals surface area contributed by atoms with E-state index in [9.17, 15) is 15.0 Å². The lowest BCUT2D eigenvalue weighted by Crippen LogP contribution is -2.28. The molecule has 2 aromatic carbocycles. The lowest BCUT2D eigenvalue weighted by atomic mass is 10.0. The van der Waals surface area contributed by atoms with Crippen LogP contribution in [-0.2, 0) is 11.2 Å². The second-order valence-corrected chi connectivity index (χ2v) is 6.11. The number of aromatic hydroxyl groups is 1. The van der Waals surface area contributed by atoms with Crippen LogP contribution in [0.2, 0.25) is 0 Å². The molecule has 1 aliphatic rings. The predicted molar refractivity (Wildman–Crippen MR) is 89.3 cm³/mol. The van der Waals surface area contributed by atoms with Gasteiger partial charge in [-0.1, -0.05) is 36.4 Å². The van der Waals surface area contributed by atoms with Crippen molar-refractivity contribution in [2.24, 2.45) is 5.92 Å². The van der Waals surface area contributed by atoms with Crippen LogP contribution in [0.3, 0.4) is 0 Å². The molecule has 4 nitrogen and oxygen atoms in total. The monoisotopic (exact) mass is 311 g/mol. The van der Waals surface area contributed by atoms with Gasteiger partial charge in [0.25, 0.3) is 0 Å². The van der Waals surface area contributed by atoms with E-state index in [4.69, 9.17) is 0 Å². The van der Waals surface area contributed by atoms with E-state index in [1.54, 1.807) is 12.1 Å². The van der Waals surface area contributed by atoms with Crippen LogP contribution in [0.1, 0.15) is 30.4 Å². The number of aliphatic hydroxyl groups excluding tert-OH is 1. The van der Waals surface area contributed by atoms with Gasteiger partial charge in [-0.3, -0.25) is 4.79 Å². The highest BCUT2D eigenvalue weighted by Gasteiger charge is 2.31. The minimum Gasteiger partial charge on any atom is -0.506 e. The van der Waals surface area contributed by atoms with Crippen LogP contribution in [0.15, 0.2) is 48.5 Å². The number of carbonyl (C=O) groups excluding carboxylic acids is 1. The molecule has 3 rings (SSSR count). The fourth-order valence-electron chi connectivity index (χ4n) is 3.10. The van der Waals surface area contributed by atoms with E-state index < -0.39 is 6.10 Å². The van der Waals surface area contributed by atoms with E-state index in [2.05, 4.69) is 5.32 Å². The van der Waals surface area contributed by atoms with Gasteiger partial charge in [0, 0.05) is 0 Å². The van der Waals surface area contributed by atoms with E-state index in [-0.39, 0.29) is 17.6 Å². The Labute approximate surface area is 135 Å². The third kappa shape index (κ3) is 3.71. The number of amides is 1. The number of phenols is 1. The predicted octanol–water partition coefficient (Wildman–Crippen LogP) is 3.08. The number of hydrogen-bond acceptors (Lipinski definition) is 3.